The minimum atomic E-state index is 0.0338. The number of hydrogen-bond acceptors (Lipinski definition) is 1. The predicted molar refractivity (Wildman–Crippen MR) is 79.8 cm³/mol. The normalized spacial score (nSPS) is 10.3. The molecule has 2 rings (SSSR count). The highest BCUT2D eigenvalue weighted by molar-refractivity contribution is 5.99. The van der Waals surface area contributed by atoms with E-state index < -0.39 is 0 Å². The second-order valence-electron chi connectivity index (χ2n) is 4.68. The van der Waals surface area contributed by atoms with Crippen molar-refractivity contribution in [1.82, 2.24) is 0 Å². The molecule has 0 bridgehead atoms. The van der Waals surface area contributed by atoms with Crippen molar-refractivity contribution in [3.8, 4) is 0 Å². The first-order valence-electron chi connectivity index (χ1n) is 6.58. The van der Waals surface area contributed by atoms with Gasteiger partial charge in [-0.1, -0.05) is 37.3 Å². The summed E-state index contributed by atoms with van der Waals surface area (Å²) in [5.74, 6) is 0.0338. The zero-order valence-corrected chi connectivity index (χ0v) is 11.7. The van der Waals surface area contributed by atoms with Crippen LogP contribution in [0.15, 0.2) is 48.5 Å². The van der Waals surface area contributed by atoms with Crippen LogP contribution in [-0.2, 0) is 11.2 Å². The minimum absolute atomic E-state index is 0.0338. The molecule has 0 atom stereocenters. The SMILES string of the molecule is CCc1ccc(C)cc1N(C(C)=O)c1ccccc1. The number of para-hydroxylation sites is 1. The van der Waals surface area contributed by atoms with Gasteiger partial charge < -0.3 is 0 Å². The number of nitrogens with zero attached hydrogens (tertiary/aromatic N) is 1. The van der Waals surface area contributed by atoms with Gasteiger partial charge in [-0.05, 0) is 42.7 Å². The lowest BCUT2D eigenvalue weighted by Crippen LogP contribution is -2.23. The van der Waals surface area contributed by atoms with Crippen LogP contribution >= 0.6 is 0 Å². The van der Waals surface area contributed by atoms with Gasteiger partial charge in [0.25, 0.3) is 0 Å². The molecule has 0 aliphatic heterocycles. The van der Waals surface area contributed by atoms with Crippen LogP contribution in [0.4, 0.5) is 11.4 Å². The molecular weight excluding hydrogens is 234 g/mol. The van der Waals surface area contributed by atoms with Crippen molar-refractivity contribution >= 4 is 17.3 Å². The fraction of sp³-hybridized carbons (Fsp3) is 0.235. The maximum Gasteiger partial charge on any atom is 0.228 e. The molecule has 2 aromatic carbocycles. The van der Waals surface area contributed by atoms with Gasteiger partial charge in [0, 0.05) is 12.6 Å². The summed E-state index contributed by atoms with van der Waals surface area (Å²) in [6, 6.07) is 16.0. The molecule has 0 unspecified atom stereocenters. The zero-order valence-electron chi connectivity index (χ0n) is 11.7. The Hall–Kier alpha value is -2.09. The summed E-state index contributed by atoms with van der Waals surface area (Å²) in [6.07, 6.45) is 0.909. The van der Waals surface area contributed by atoms with Crippen LogP contribution in [0.5, 0.6) is 0 Å². The quantitative estimate of drug-likeness (QED) is 0.801. The number of rotatable bonds is 3. The van der Waals surface area contributed by atoms with Crippen molar-refractivity contribution in [3.63, 3.8) is 0 Å². The van der Waals surface area contributed by atoms with E-state index in [0.29, 0.717) is 0 Å². The van der Waals surface area contributed by atoms with Crippen molar-refractivity contribution in [1.29, 1.82) is 0 Å². The smallest absolute Gasteiger partial charge is 0.228 e. The number of hydrogen-bond donors (Lipinski definition) is 0. The van der Waals surface area contributed by atoms with Gasteiger partial charge >= 0.3 is 0 Å². The Kier molecular flexibility index (Phi) is 4.00. The van der Waals surface area contributed by atoms with Crippen LogP contribution < -0.4 is 4.90 Å². The Morgan fingerprint density at radius 1 is 1.11 bits per heavy atom. The number of aryl methyl sites for hydroxylation is 2. The van der Waals surface area contributed by atoms with E-state index in [1.54, 1.807) is 11.8 Å². The van der Waals surface area contributed by atoms with Crippen molar-refractivity contribution in [2.75, 3.05) is 4.90 Å². The lowest BCUT2D eigenvalue weighted by atomic mass is 10.1. The average Bonchev–Trinajstić information content (AvgIpc) is 2.40. The van der Waals surface area contributed by atoms with E-state index in [0.717, 1.165) is 23.4 Å². The number of carbonyl (C=O) groups is 1. The first-order chi connectivity index (χ1) is 9.13. The second-order valence-corrected chi connectivity index (χ2v) is 4.68. The molecular formula is C17H19NO. The molecule has 2 aromatic rings. The van der Waals surface area contributed by atoms with E-state index in [1.165, 1.54) is 5.56 Å². The van der Waals surface area contributed by atoms with E-state index >= 15 is 0 Å². The van der Waals surface area contributed by atoms with Crippen molar-refractivity contribution < 1.29 is 4.79 Å². The van der Waals surface area contributed by atoms with Gasteiger partial charge in [0.15, 0.2) is 0 Å². The highest BCUT2D eigenvalue weighted by Crippen LogP contribution is 2.30. The molecule has 19 heavy (non-hydrogen) atoms. The molecule has 2 nitrogen and oxygen atoms in total. The van der Waals surface area contributed by atoms with Gasteiger partial charge in [0.05, 0.1) is 5.69 Å². The fourth-order valence-electron chi connectivity index (χ4n) is 2.25. The van der Waals surface area contributed by atoms with Crippen LogP contribution in [0, 0.1) is 6.92 Å². The third kappa shape index (κ3) is 2.84. The molecule has 2 heteroatoms. The predicted octanol–water partition coefficient (Wildman–Crippen LogP) is 4.24. The monoisotopic (exact) mass is 253 g/mol. The molecule has 0 aliphatic rings. The Morgan fingerprint density at radius 2 is 1.79 bits per heavy atom. The largest absolute Gasteiger partial charge is 0.281 e. The summed E-state index contributed by atoms with van der Waals surface area (Å²) >= 11 is 0. The summed E-state index contributed by atoms with van der Waals surface area (Å²) in [5.41, 5.74) is 4.25. The molecule has 98 valence electrons. The molecule has 0 spiro atoms. The Morgan fingerprint density at radius 3 is 2.37 bits per heavy atom. The van der Waals surface area contributed by atoms with E-state index in [1.807, 2.05) is 37.3 Å². The Bertz CT molecular complexity index is 575. The summed E-state index contributed by atoms with van der Waals surface area (Å²) in [5, 5.41) is 0. The van der Waals surface area contributed by atoms with Crippen LogP contribution in [0.2, 0.25) is 0 Å². The summed E-state index contributed by atoms with van der Waals surface area (Å²) < 4.78 is 0. The first-order valence-corrected chi connectivity index (χ1v) is 6.58. The van der Waals surface area contributed by atoms with Gasteiger partial charge in [0.1, 0.15) is 0 Å². The molecule has 0 fully saturated rings. The number of anilines is 2. The van der Waals surface area contributed by atoms with Gasteiger partial charge in [0.2, 0.25) is 5.91 Å². The summed E-state index contributed by atoms with van der Waals surface area (Å²) in [4.78, 5) is 13.8. The number of carbonyl (C=O) groups excluding carboxylic acids is 1. The summed E-state index contributed by atoms with van der Waals surface area (Å²) in [7, 11) is 0. The Balaban J connectivity index is 2.57. The van der Waals surface area contributed by atoms with E-state index in [4.69, 9.17) is 0 Å². The topological polar surface area (TPSA) is 20.3 Å². The second kappa shape index (κ2) is 5.70. The molecule has 0 saturated heterocycles. The highest BCUT2D eigenvalue weighted by Gasteiger charge is 2.16. The lowest BCUT2D eigenvalue weighted by molar-refractivity contribution is -0.115. The van der Waals surface area contributed by atoms with Crippen LogP contribution in [0.25, 0.3) is 0 Å². The number of amides is 1. The molecule has 0 N–H and O–H groups in total. The zero-order chi connectivity index (χ0) is 13.8. The third-order valence-electron chi connectivity index (χ3n) is 3.19. The van der Waals surface area contributed by atoms with Crippen LogP contribution in [0.3, 0.4) is 0 Å². The minimum Gasteiger partial charge on any atom is -0.281 e. The maximum atomic E-state index is 12.1. The molecule has 0 aliphatic carbocycles. The molecule has 0 radical (unpaired) electrons. The standard InChI is InChI=1S/C17H19NO/c1-4-15-11-10-13(2)12-17(15)18(14(3)19)16-8-6-5-7-9-16/h5-12H,4H2,1-3H3. The van der Waals surface area contributed by atoms with E-state index in [2.05, 4.69) is 25.1 Å². The van der Waals surface area contributed by atoms with Gasteiger partial charge in [-0.15, -0.1) is 0 Å². The molecule has 0 saturated carbocycles. The summed E-state index contributed by atoms with van der Waals surface area (Å²) in [6.45, 7) is 5.76. The van der Waals surface area contributed by atoms with Gasteiger partial charge in [-0.25, -0.2) is 0 Å². The first kappa shape index (κ1) is 13.3. The van der Waals surface area contributed by atoms with Crippen LogP contribution in [0.1, 0.15) is 25.0 Å². The maximum absolute atomic E-state index is 12.1. The molecule has 0 heterocycles. The number of benzene rings is 2. The van der Waals surface area contributed by atoms with Crippen LogP contribution in [-0.4, -0.2) is 5.91 Å². The van der Waals surface area contributed by atoms with Crippen molar-refractivity contribution in [2.45, 2.75) is 27.2 Å². The third-order valence-corrected chi connectivity index (χ3v) is 3.19. The van der Waals surface area contributed by atoms with E-state index in [9.17, 15) is 4.79 Å². The molecule has 1 amide bonds. The van der Waals surface area contributed by atoms with Crippen molar-refractivity contribution in [2.24, 2.45) is 0 Å². The van der Waals surface area contributed by atoms with E-state index in [-0.39, 0.29) is 5.91 Å². The van der Waals surface area contributed by atoms with Crippen molar-refractivity contribution in [3.05, 3.63) is 59.7 Å². The average molecular weight is 253 g/mol. The fourth-order valence-corrected chi connectivity index (χ4v) is 2.25. The highest BCUT2D eigenvalue weighted by atomic mass is 16.2. The van der Waals surface area contributed by atoms with Gasteiger partial charge in [-0.3, -0.25) is 9.69 Å². The Labute approximate surface area is 114 Å². The molecule has 0 aromatic heterocycles. The van der Waals surface area contributed by atoms with Gasteiger partial charge in [-0.2, -0.15) is 0 Å². The lowest BCUT2D eigenvalue weighted by Gasteiger charge is -2.24.